The van der Waals surface area contributed by atoms with E-state index in [0.29, 0.717) is 18.6 Å². The quantitative estimate of drug-likeness (QED) is 0.431. The van der Waals surface area contributed by atoms with Crippen LogP contribution in [0.3, 0.4) is 0 Å². The molecule has 0 unspecified atom stereocenters. The maximum Gasteiger partial charge on any atom is 0.139 e. The highest BCUT2D eigenvalue weighted by Gasteiger charge is 2.01. The average Bonchev–Trinajstić information content (AvgIpc) is 1.85. The fourth-order valence-electron chi connectivity index (χ4n) is 0.645. The van der Waals surface area contributed by atoms with Crippen molar-refractivity contribution in [3.05, 3.63) is 0 Å². The summed E-state index contributed by atoms with van der Waals surface area (Å²) in [5.41, 5.74) is 0. The Bertz CT molecular complexity index is 116. The first-order valence-corrected chi connectivity index (χ1v) is 3.62. The minimum Gasteiger partial charge on any atom is -0.303 e. The van der Waals surface area contributed by atoms with Crippen molar-refractivity contribution in [3.8, 4) is 0 Å². The van der Waals surface area contributed by atoms with Crippen LogP contribution in [0.15, 0.2) is 0 Å². The topological polar surface area (TPSA) is 34.1 Å². The highest BCUT2D eigenvalue weighted by Crippen LogP contribution is 2.04. The Balaban J connectivity index is 3.30. The maximum atomic E-state index is 10.7. The van der Waals surface area contributed by atoms with Gasteiger partial charge >= 0.3 is 0 Å². The van der Waals surface area contributed by atoms with Gasteiger partial charge in [0.1, 0.15) is 12.1 Å². The van der Waals surface area contributed by atoms with Gasteiger partial charge in [0.05, 0.1) is 6.42 Å². The Labute approximate surface area is 61.6 Å². The number of Topliss-reactive ketones (excluding diaryl/α,β-unsaturated/α-hetero) is 1. The molecule has 0 aliphatic carbocycles. The van der Waals surface area contributed by atoms with Crippen molar-refractivity contribution in [2.75, 3.05) is 0 Å². The summed E-state index contributed by atoms with van der Waals surface area (Å²) >= 11 is 0. The van der Waals surface area contributed by atoms with Crippen LogP contribution in [-0.2, 0) is 9.59 Å². The molecule has 0 fully saturated rings. The molecule has 2 nitrogen and oxygen atoms in total. The zero-order chi connectivity index (χ0) is 7.98. The van der Waals surface area contributed by atoms with Gasteiger partial charge in [0.2, 0.25) is 0 Å². The van der Waals surface area contributed by atoms with Crippen molar-refractivity contribution >= 4 is 12.1 Å². The number of hydrogen-bond acceptors (Lipinski definition) is 2. The predicted molar refractivity (Wildman–Crippen MR) is 39.8 cm³/mol. The molecule has 0 saturated carbocycles. The van der Waals surface area contributed by atoms with E-state index in [2.05, 4.69) is 13.8 Å². The molecule has 0 amide bonds. The molecule has 0 aliphatic rings. The molecule has 0 heterocycles. The van der Waals surface area contributed by atoms with Crippen LogP contribution in [0, 0.1) is 5.92 Å². The Morgan fingerprint density at radius 3 is 2.50 bits per heavy atom. The fourth-order valence-corrected chi connectivity index (χ4v) is 0.645. The Kier molecular flexibility index (Phi) is 4.81. The van der Waals surface area contributed by atoms with Crippen molar-refractivity contribution < 1.29 is 9.59 Å². The Morgan fingerprint density at radius 2 is 2.10 bits per heavy atom. The molecule has 0 aromatic carbocycles. The van der Waals surface area contributed by atoms with Crippen LogP contribution in [0.1, 0.15) is 33.1 Å². The molecule has 0 bridgehead atoms. The third-order valence-electron chi connectivity index (χ3n) is 1.31. The number of ketones is 1. The molecular formula is C8H14O2. The van der Waals surface area contributed by atoms with Crippen LogP contribution in [0.2, 0.25) is 0 Å². The molecule has 0 N–H and O–H groups in total. The fraction of sp³-hybridized carbons (Fsp3) is 0.750. The van der Waals surface area contributed by atoms with Crippen LogP contribution in [0.5, 0.6) is 0 Å². The van der Waals surface area contributed by atoms with Crippen molar-refractivity contribution in [1.29, 1.82) is 0 Å². The van der Waals surface area contributed by atoms with Gasteiger partial charge in [-0.05, 0) is 12.3 Å². The first kappa shape index (κ1) is 9.34. The Hall–Kier alpha value is -0.660. The van der Waals surface area contributed by atoms with Gasteiger partial charge in [-0.1, -0.05) is 13.8 Å². The van der Waals surface area contributed by atoms with E-state index >= 15 is 0 Å². The van der Waals surface area contributed by atoms with Gasteiger partial charge in [-0.15, -0.1) is 0 Å². The zero-order valence-corrected chi connectivity index (χ0v) is 6.59. The van der Waals surface area contributed by atoms with Gasteiger partial charge in [-0.3, -0.25) is 4.79 Å². The molecule has 0 atom stereocenters. The first-order valence-electron chi connectivity index (χ1n) is 3.62. The van der Waals surface area contributed by atoms with Crippen molar-refractivity contribution in [2.45, 2.75) is 33.1 Å². The van der Waals surface area contributed by atoms with Crippen LogP contribution < -0.4 is 0 Å². The third-order valence-corrected chi connectivity index (χ3v) is 1.31. The summed E-state index contributed by atoms with van der Waals surface area (Å²) in [7, 11) is 0. The lowest BCUT2D eigenvalue weighted by Gasteiger charge is -2.00. The van der Waals surface area contributed by atoms with Crippen LogP contribution in [0.25, 0.3) is 0 Å². The van der Waals surface area contributed by atoms with E-state index in [4.69, 9.17) is 0 Å². The van der Waals surface area contributed by atoms with Crippen LogP contribution in [0.4, 0.5) is 0 Å². The van der Waals surface area contributed by atoms with Gasteiger partial charge in [-0.2, -0.15) is 0 Å². The van der Waals surface area contributed by atoms with Gasteiger partial charge in [0.25, 0.3) is 0 Å². The molecule has 2 heteroatoms. The summed E-state index contributed by atoms with van der Waals surface area (Å²) in [5, 5.41) is 0. The second kappa shape index (κ2) is 5.15. The Morgan fingerprint density at radius 1 is 1.50 bits per heavy atom. The molecule has 0 aromatic rings. The lowest BCUT2D eigenvalue weighted by Crippen LogP contribution is -2.00. The van der Waals surface area contributed by atoms with E-state index in [1.165, 1.54) is 0 Å². The second-order valence-electron chi connectivity index (χ2n) is 2.84. The highest BCUT2D eigenvalue weighted by molar-refractivity contribution is 5.89. The van der Waals surface area contributed by atoms with Crippen molar-refractivity contribution in [1.82, 2.24) is 0 Å². The van der Waals surface area contributed by atoms with E-state index in [9.17, 15) is 9.59 Å². The monoisotopic (exact) mass is 142 g/mol. The second-order valence-corrected chi connectivity index (χ2v) is 2.84. The lowest BCUT2D eigenvalue weighted by molar-refractivity contribution is -0.122. The van der Waals surface area contributed by atoms with Gasteiger partial charge in [0, 0.05) is 6.42 Å². The standard InChI is InChI=1S/C8H14O2/c1-7(2)3-4-8(10)5-6-9/h6-7H,3-5H2,1-2H3. The number of aldehydes is 1. The molecule has 0 radical (unpaired) electrons. The number of rotatable bonds is 5. The predicted octanol–water partition coefficient (Wildman–Crippen LogP) is 1.58. The largest absolute Gasteiger partial charge is 0.303 e. The molecule has 0 spiro atoms. The van der Waals surface area contributed by atoms with Gasteiger partial charge < -0.3 is 4.79 Å². The van der Waals surface area contributed by atoms with Gasteiger partial charge in [-0.25, -0.2) is 0 Å². The zero-order valence-electron chi connectivity index (χ0n) is 6.59. The number of carbonyl (C=O) groups is 2. The van der Waals surface area contributed by atoms with Crippen LogP contribution in [-0.4, -0.2) is 12.1 Å². The normalized spacial score (nSPS) is 9.90. The number of hydrogen-bond donors (Lipinski definition) is 0. The summed E-state index contributed by atoms with van der Waals surface area (Å²) in [6.45, 7) is 4.13. The van der Waals surface area contributed by atoms with E-state index in [0.717, 1.165) is 6.42 Å². The lowest BCUT2D eigenvalue weighted by atomic mass is 10.1. The molecule has 0 aliphatic heterocycles. The smallest absolute Gasteiger partial charge is 0.139 e. The highest BCUT2D eigenvalue weighted by atomic mass is 16.1. The van der Waals surface area contributed by atoms with E-state index in [1.54, 1.807) is 0 Å². The molecule has 0 aromatic heterocycles. The molecule has 10 heavy (non-hydrogen) atoms. The van der Waals surface area contributed by atoms with Crippen molar-refractivity contribution in [3.63, 3.8) is 0 Å². The number of carbonyl (C=O) groups excluding carboxylic acids is 2. The first-order chi connectivity index (χ1) is 4.66. The maximum absolute atomic E-state index is 10.7. The van der Waals surface area contributed by atoms with E-state index < -0.39 is 0 Å². The minimum atomic E-state index is 0.0590. The van der Waals surface area contributed by atoms with E-state index in [-0.39, 0.29) is 12.2 Å². The van der Waals surface area contributed by atoms with E-state index in [1.807, 2.05) is 0 Å². The molecule has 0 saturated heterocycles. The molecular weight excluding hydrogens is 128 g/mol. The SMILES string of the molecule is CC(C)CCC(=O)CC=O. The summed E-state index contributed by atoms with van der Waals surface area (Å²) in [4.78, 5) is 20.6. The summed E-state index contributed by atoms with van der Waals surface area (Å²) in [5.74, 6) is 0.610. The summed E-state index contributed by atoms with van der Waals surface area (Å²) in [6, 6.07) is 0. The molecule has 0 rings (SSSR count). The summed E-state index contributed by atoms with van der Waals surface area (Å²) < 4.78 is 0. The molecule has 58 valence electrons. The van der Waals surface area contributed by atoms with Crippen molar-refractivity contribution in [2.24, 2.45) is 5.92 Å². The van der Waals surface area contributed by atoms with Gasteiger partial charge in [0.15, 0.2) is 0 Å². The average molecular weight is 142 g/mol. The minimum absolute atomic E-state index is 0.0590. The summed E-state index contributed by atoms with van der Waals surface area (Å²) in [6.07, 6.45) is 2.21. The third kappa shape index (κ3) is 5.48. The van der Waals surface area contributed by atoms with Crippen LogP contribution >= 0.6 is 0 Å².